The molecule has 30 heavy (non-hydrogen) atoms. The number of carbonyl (C=O) groups excluding carboxylic acids is 1. The summed E-state index contributed by atoms with van der Waals surface area (Å²) >= 11 is 0. The number of anilines is 1. The summed E-state index contributed by atoms with van der Waals surface area (Å²) in [5.41, 5.74) is 2.04. The maximum absolute atomic E-state index is 12.5. The lowest BCUT2D eigenvalue weighted by molar-refractivity contribution is 0.0899. The molecule has 1 spiro atoms. The smallest absolute Gasteiger partial charge is 0.320 e. The van der Waals surface area contributed by atoms with E-state index in [9.17, 15) is 4.79 Å². The van der Waals surface area contributed by atoms with E-state index in [0.29, 0.717) is 23.9 Å². The van der Waals surface area contributed by atoms with Gasteiger partial charge in [-0.15, -0.1) is 0 Å². The Bertz CT molecular complexity index is 903. The van der Waals surface area contributed by atoms with Gasteiger partial charge in [-0.25, -0.2) is 14.8 Å². The van der Waals surface area contributed by atoms with Crippen LogP contribution in [0.3, 0.4) is 0 Å². The van der Waals surface area contributed by atoms with Gasteiger partial charge in [0, 0.05) is 26.9 Å². The highest BCUT2D eigenvalue weighted by Gasteiger charge is 2.47. The van der Waals surface area contributed by atoms with E-state index in [4.69, 9.17) is 4.74 Å². The predicted octanol–water partition coefficient (Wildman–Crippen LogP) is 4.83. The molecule has 0 saturated heterocycles. The van der Waals surface area contributed by atoms with Crippen LogP contribution in [-0.2, 0) is 11.5 Å². The minimum absolute atomic E-state index is 0.188. The first kappa shape index (κ1) is 21.3. The molecule has 2 aromatic heterocycles. The molecule has 2 fully saturated rings. The van der Waals surface area contributed by atoms with Gasteiger partial charge in [-0.3, -0.25) is 5.32 Å². The van der Waals surface area contributed by atoms with Gasteiger partial charge in [-0.1, -0.05) is 26.6 Å². The Hall–Kier alpha value is -1.93. The number of nitrogens with zero attached hydrogens (tertiary/aromatic N) is 3. The Kier molecular flexibility index (Phi) is 5.90. The predicted molar refractivity (Wildman–Crippen MR) is 122 cm³/mol. The standard InChI is InChI=1S/C22H35N5O2Si/c1-16-5-7-22(8-9-22)13-18(16)25-21(28)26-19-14-23-20-17(24-19)6-10-27(20)15-29-11-12-30(2,3)4/h6,10,14,16,18H,5,7-9,11-13,15H2,1-4H3,(H2,24,25,26,28). The molecule has 2 aliphatic rings. The van der Waals surface area contributed by atoms with Crippen LogP contribution in [0.15, 0.2) is 18.5 Å². The van der Waals surface area contributed by atoms with Crippen molar-refractivity contribution in [2.45, 2.75) is 77.5 Å². The van der Waals surface area contributed by atoms with Crippen molar-refractivity contribution >= 4 is 31.1 Å². The SMILES string of the molecule is CC1CCC2(CC2)CC1NC(=O)Nc1cnc2c(ccn2COCC[Si](C)(C)C)n1. The number of aromatic nitrogens is 3. The Labute approximate surface area is 180 Å². The minimum Gasteiger partial charge on any atom is -0.361 e. The first-order valence-corrected chi connectivity index (χ1v) is 14.9. The summed E-state index contributed by atoms with van der Waals surface area (Å²) in [5, 5.41) is 6.04. The molecule has 2 saturated carbocycles. The fourth-order valence-corrected chi connectivity index (χ4v) is 5.07. The van der Waals surface area contributed by atoms with Crippen molar-refractivity contribution in [2.75, 3.05) is 11.9 Å². The van der Waals surface area contributed by atoms with E-state index in [1.807, 2.05) is 16.8 Å². The fraction of sp³-hybridized carbons (Fsp3) is 0.682. The fourth-order valence-electron chi connectivity index (χ4n) is 4.32. The Balaban J connectivity index is 1.32. The number of hydrogen-bond donors (Lipinski definition) is 2. The molecule has 4 rings (SSSR count). The highest BCUT2D eigenvalue weighted by atomic mass is 28.3. The van der Waals surface area contributed by atoms with Gasteiger partial charge in [0.1, 0.15) is 12.2 Å². The van der Waals surface area contributed by atoms with Crippen molar-refractivity contribution in [1.82, 2.24) is 19.9 Å². The zero-order chi connectivity index (χ0) is 21.4. The molecular weight excluding hydrogens is 394 g/mol. The van der Waals surface area contributed by atoms with Gasteiger partial charge >= 0.3 is 6.03 Å². The number of rotatable bonds is 7. The second kappa shape index (κ2) is 8.30. The van der Waals surface area contributed by atoms with Crippen LogP contribution >= 0.6 is 0 Å². The van der Waals surface area contributed by atoms with Gasteiger partial charge in [0.05, 0.1) is 6.20 Å². The zero-order valence-electron chi connectivity index (χ0n) is 18.7. The molecule has 2 amide bonds. The first-order valence-electron chi connectivity index (χ1n) is 11.2. The number of nitrogens with one attached hydrogen (secondary N) is 2. The van der Waals surface area contributed by atoms with Crippen LogP contribution in [0.4, 0.5) is 10.6 Å². The number of hydrogen-bond acceptors (Lipinski definition) is 4. The monoisotopic (exact) mass is 429 g/mol. The zero-order valence-corrected chi connectivity index (χ0v) is 19.7. The molecule has 0 aliphatic heterocycles. The van der Waals surface area contributed by atoms with Crippen molar-refractivity contribution < 1.29 is 9.53 Å². The van der Waals surface area contributed by atoms with Gasteiger partial charge in [0.25, 0.3) is 0 Å². The highest BCUT2D eigenvalue weighted by Crippen LogP contribution is 2.57. The van der Waals surface area contributed by atoms with Crippen LogP contribution in [0, 0.1) is 11.3 Å². The van der Waals surface area contributed by atoms with Crippen molar-refractivity contribution in [2.24, 2.45) is 11.3 Å². The molecule has 0 aromatic carbocycles. The lowest BCUT2D eigenvalue weighted by Gasteiger charge is -2.35. The topological polar surface area (TPSA) is 81.1 Å². The van der Waals surface area contributed by atoms with E-state index in [2.05, 4.69) is 47.2 Å². The highest BCUT2D eigenvalue weighted by molar-refractivity contribution is 6.76. The van der Waals surface area contributed by atoms with Crippen LogP contribution in [0.1, 0.15) is 39.0 Å². The number of carbonyl (C=O) groups is 1. The Morgan fingerprint density at radius 2 is 2.13 bits per heavy atom. The molecule has 7 nitrogen and oxygen atoms in total. The van der Waals surface area contributed by atoms with Gasteiger partial charge < -0.3 is 14.6 Å². The van der Waals surface area contributed by atoms with Crippen molar-refractivity contribution in [1.29, 1.82) is 0 Å². The van der Waals surface area contributed by atoms with Gasteiger partial charge in [0.15, 0.2) is 11.5 Å². The van der Waals surface area contributed by atoms with Crippen LogP contribution in [0.5, 0.6) is 0 Å². The first-order chi connectivity index (χ1) is 14.2. The molecule has 2 heterocycles. The average Bonchev–Trinajstić information content (AvgIpc) is 3.31. The quantitative estimate of drug-likeness (QED) is 0.488. The van der Waals surface area contributed by atoms with Crippen LogP contribution in [0.2, 0.25) is 25.7 Å². The van der Waals surface area contributed by atoms with Crippen molar-refractivity contribution in [3.05, 3.63) is 18.5 Å². The number of urea groups is 1. The van der Waals surface area contributed by atoms with Crippen molar-refractivity contribution in [3.63, 3.8) is 0 Å². The molecule has 2 atom stereocenters. The molecule has 2 N–H and O–H groups in total. The van der Waals surface area contributed by atoms with E-state index >= 15 is 0 Å². The molecule has 2 aliphatic carbocycles. The maximum Gasteiger partial charge on any atom is 0.320 e. The number of fused-ring (bicyclic) bond motifs is 1. The molecule has 0 radical (unpaired) electrons. The van der Waals surface area contributed by atoms with E-state index in [1.165, 1.54) is 25.7 Å². The minimum atomic E-state index is -1.09. The lowest BCUT2D eigenvalue weighted by atomic mass is 9.77. The van der Waals surface area contributed by atoms with E-state index in [1.54, 1.807) is 6.20 Å². The van der Waals surface area contributed by atoms with Gasteiger partial charge in [-0.05, 0) is 55.5 Å². The molecule has 2 unspecified atom stereocenters. The van der Waals surface area contributed by atoms with Gasteiger partial charge in [0.2, 0.25) is 0 Å². The summed E-state index contributed by atoms with van der Waals surface area (Å²) < 4.78 is 7.78. The summed E-state index contributed by atoms with van der Waals surface area (Å²) in [6.07, 6.45) is 9.81. The van der Waals surface area contributed by atoms with Gasteiger partial charge in [-0.2, -0.15) is 0 Å². The van der Waals surface area contributed by atoms with E-state index < -0.39 is 8.07 Å². The van der Waals surface area contributed by atoms with Crippen molar-refractivity contribution in [3.8, 4) is 0 Å². The number of ether oxygens (including phenoxy) is 1. The Morgan fingerprint density at radius 1 is 1.33 bits per heavy atom. The third-order valence-corrected chi connectivity index (χ3v) is 8.38. The summed E-state index contributed by atoms with van der Waals surface area (Å²) in [6.45, 7) is 10.5. The number of amides is 2. The molecule has 164 valence electrons. The van der Waals surface area contributed by atoms with Crippen LogP contribution in [-0.4, -0.2) is 41.3 Å². The summed E-state index contributed by atoms with van der Waals surface area (Å²) in [7, 11) is -1.09. The summed E-state index contributed by atoms with van der Waals surface area (Å²) in [5.74, 6) is 0.993. The third kappa shape index (κ3) is 5.21. The van der Waals surface area contributed by atoms with Crippen LogP contribution < -0.4 is 10.6 Å². The second-order valence-corrected chi connectivity index (χ2v) is 16.1. The molecule has 2 aromatic rings. The molecular formula is C22H35N5O2Si. The molecule has 0 bridgehead atoms. The Morgan fingerprint density at radius 3 is 2.87 bits per heavy atom. The average molecular weight is 430 g/mol. The summed E-state index contributed by atoms with van der Waals surface area (Å²) in [6, 6.07) is 3.11. The third-order valence-electron chi connectivity index (χ3n) is 6.68. The molecule has 8 heteroatoms. The lowest BCUT2D eigenvalue weighted by Crippen LogP contribution is -2.45. The van der Waals surface area contributed by atoms with E-state index in [-0.39, 0.29) is 12.1 Å². The maximum atomic E-state index is 12.5. The largest absolute Gasteiger partial charge is 0.361 e. The second-order valence-electron chi connectivity index (χ2n) is 10.5. The van der Waals surface area contributed by atoms with E-state index in [0.717, 1.165) is 30.2 Å². The summed E-state index contributed by atoms with van der Waals surface area (Å²) in [4.78, 5) is 21.6. The van der Waals surface area contributed by atoms with Crippen LogP contribution in [0.25, 0.3) is 11.2 Å². The normalized spacial score (nSPS) is 22.9.